The molecule has 0 spiro atoms. The second-order valence-electron chi connectivity index (χ2n) is 4.24. The molecule has 0 aromatic carbocycles. The van der Waals surface area contributed by atoms with Crippen LogP contribution < -0.4 is 11.0 Å². The quantitative estimate of drug-likeness (QED) is 0.730. The molecule has 0 bridgehead atoms. The van der Waals surface area contributed by atoms with Gasteiger partial charge < -0.3 is 5.32 Å². The minimum atomic E-state index is -0.0633. The zero-order chi connectivity index (χ0) is 11.5. The first kappa shape index (κ1) is 11.7. The summed E-state index contributed by atoms with van der Waals surface area (Å²) in [7, 11) is 1.96. The molecular weight excluding hydrogens is 224 g/mol. The first-order valence-corrected chi connectivity index (χ1v) is 6.68. The number of hydrogen-bond acceptors (Lipinski definition) is 4. The molecule has 1 aliphatic rings. The lowest BCUT2D eigenvalue weighted by Crippen LogP contribution is -2.21. The molecule has 1 fully saturated rings. The van der Waals surface area contributed by atoms with E-state index in [1.165, 1.54) is 0 Å². The number of nitrogens with zero attached hydrogens (tertiary/aromatic N) is 2. The van der Waals surface area contributed by atoms with E-state index in [9.17, 15) is 4.79 Å². The molecule has 0 radical (unpaired) electrons. The van der Waals surface area contributed by atoms with Crippen molar-refractivity contribution < 1.29 is 0 Å². The Kier molecular flexibility index (Phi) is 3.70. The minimum absolute atomic E-state index is 0.0633. The number of nitrogens with one attached hydrogen (secondary N) is 2. The van der Waals surface area contributed by atoms with Crippen LogP contribution in [0.25, 0.3) is 0 Å². The lowest BCUT2D eigenvalue weighted by atomic mass is 10.3. The molecule has 1 aromatic rings. The van der Waals surface area contributed by atoms with Gasteiger partial charge in [-0.05, 0) is 33.2 Å². The van der Waals surface area contributed by atoms with E-state index in [1.807, 2.05) is 7.05 Å². The number of aromatic amines is 1. The summed E-state index contributed by atoms with van der Waals surface area (Å²) < 4.78 is 1.80. The fraction of sp³-hybridized carbons (Fsp3) is 0.800. The Balaban J connectivity index is 1.91. The number of aromatic nitrogens is 3. The zero-order valence-electron chi connectivity index (χ0n) is 9.69. The normalized spacial score (nSPS) is 17.6. The highest BCUT2D eigenvalue weighted by Crippen LogP contribution is 2.36. The summed E-state index contributed by atoms with van der Waals surface area (Å²) in [5, 5.41) is 10.6. The molecule has 90 valence electrons. The Morgan fingerprint density at radius 3 is 3.06 bits per heavy atom. The lowest BCUT2D eigenvalue weighted by molar-refractivity contribution is 0.595. The second-order valence-corrected chi connectivity index (χ2v) is 5.30. The first-order chi connectivity index (χ1) is 7.72. The van der Waals surface area contributed by atoms with Crippen molar-refractivity contribution in [3.63, 3.8) is 0 Å². The summed E-state index contributed by atoms with van der Waals surface area (Å²) in [6.45, 7) is 2.15. The van der Waals surface area contributed by atoms with E-state index in [-0.39, 0.29) is 5.69 Å². The van der Waals surface area contributed by atoms with E-state index in [0.717, 1.165) is 30.2 Å². The van der Waals surface area contributed by atoms with Crippen LogP contribution in [0.2, 0.25) is 0 Å². The van der Waals surface area contributed by atoms with Gasteiger partial charge in [-0.1, -0.05) is 11.8 Å². The number of hydrogen-bond donors (Lipinski definition) is 2. The largest absolute Gasteiger partial charge is 0.344 e. The molecule has 6 heteroatoms. The van der Waals surface area contributed by atoms with Gasteiger partial charge in [-0.15, -0.1) is 5.10 Å². The number of thioether (sulfide) groups is 1. The van der Waals surface area contributed by atoms with Gasteiger partial charge in [-0.2, -0.15) is 0 Å². The SMILES string of the molecule is CNC(C)CCSc1n[nH]c(=O)n1C1CC1. The molecule has 1 saturated carbocycles. The Labute approximate surface area is 99.0 Å². The van der Waals surface area contributed by atoms with Crippen LogP contribution >= 0.6 is 11.8 Å². The van der Waals surface area contributed by atoms with Crippen LogP contribution in [0.15, 0.2) is 9.95 Å². The fourth-order valence-corrected chi connectivity index (χ4v) is 2.65. The number of H-pyrrole nitrogens is 1. The molecule has 0 amide bonds. The van der Waals surface area contributed by atoms with Crippen molar-refractivity contribution in [2.75, 3.05) is 12.8 Å². The van der Waals surface area contributed by atoms with Crippen molar-refractivity contribution in [2.24, 2.45) is 0 Å². The number of rotatable bonds is 6. The summed E-state index contributed by atoms with van der Waals surface area (Å²) in [4.78, 5) is 11.5. The average molecular weight is 242 g/mol. The van der Waals surface area contributed by atoms with Gasteiger partial charge in [0.25, 0.3) is 0 Å². The van der Waals surface area contributed by atoms with Gasteiger partial charge in [0.2, 0.25) is 0 Å². The molecule has 16 heavy (non-hydrogen) atoms. The van der Waals surface area contributed by atoms with Crippen molar-refractivity contribution in [1.82, 2.24) is 20.1 Å². The Bertz CT molecular complexity index is 396. The van der Waals surface area contributed by atoms with Gasteiger partial charge in [0.1, 0.15) is 0 Å². The zero-order valence-corrected chi connectivity index (χ0v) is 10.5. The summed E-state index contributed by atoms with van der Waals surface area (Å²) in [6, 6.07) is 0.906. The van der Waals surface area contributed by atoms with Gasteiger partial charge >= 0.3 is 5.69 Å². The summed E-state index contributed by atoms with van der Waals surface area (Å²) >= 11 is 1.66. The molecule has 0 saturated heterocycles. The summed E-state index contributed by atoms with van der Waals surface area (Å²) in [5.41, 5.74) is -0.0633. The monoisotopic (exact) mass is 242 g/mol. The topological polar surface area (TPSA) is 62.7 Å². The standard InChI is InChI=1S/C10H18N4OS/c1-7(11-2)5-6-16-10-13-12-9(15)14(10)8-3-4-8/h7-8,11H,3-6H2,1-2H3,(H,12,15). The molecular formula is C10H18N4OS. The van der Waals surface area contributed by atoms with Crippen molar-refractivity contribution in [2.45, 2.75) is 43.4 Å². The molecule has 1 heterocycles. The van der Waals surface area contributed by atoms with E-state index in [1.54, 1.807) is 16.3 Å². The molecule has 1 unspecified atom stereocenters. The second kappa shape index (κ2) is 5.05. The van der Waals surface area contributed by atoms with E-state index < -0.39 is 0 Å². The highest BCUT2D eigenvalue weighted by molar-refractivity contribution is 7.99. The van der Waals surface area contributed by atoms with Crippen LogP contribution in [0, 0.1) is 0 Å². The highest BCUT2D eigenvalue weighted by atomic mass is 32.2. The van der Waals surface area contributed by atoms with Crippen LogP contribution in [-0.2, 0) is 0 Å². The van der Waals surface area contributed by atoms with Crippen LogP contribution in [0.3, 0.4) is 0 Å². The van der Waals surface area contributed by atoms with Crippen LogP contribution in [0.5, 0.6) is 0 Å². The first-order valence-electron chi connectivity index (χ1n) is 5.69. The molecule has 1 aliphatic carbocycles. The van der Waals surface area contributed by atoms with Gasteiger partial charge in [-0.25, -0.2) is 9.89 Å². The van der Waals surface area contributed by atoms with Crippen molar-refractivity contribution >= 4 is 11.8 Å². The fourth-order valence-electron chi connectivity index (χ4n) is 1.52. The maximum absolute atomic E-state index is 11.5. The third kappa shape index (κ3) is 2.68. The van der Waals surface area contributed by atoms with Crippen LogP contribution in [-0.4, -0.2) is 33.6 Å². The average Bonchev–Trinajstić information content (AvgIpc) is 3.04. The third-order valence-corrected chi connectivity index (χ3v) is 3.84. The van der Waals surface area contributed by atoms with E-state index >= 15 is 0 Å². The predicted octanol–water partition coefficient (Wildman–Crippen LogP) is 0.996. The molecule has 1 aromatic heterocycles. The van der Waals surface area contributed by atoms with Crippen molar-refractivity contribution in [1.29, 1.82) is 0 Å². The Morgan fingerprint density at radius 2 is 2.44 bits per heavy atom. The molecule has 5 nitrogen and oxygen atoms in total. The Morgan fingerprint density at radius 1 is 1.69 bits per heavy atom. The summed E-state index contributed by atoms with van der Waals surface area (Å²) in [5.74, 6) is 0.985. The highest BCUT2D eigenvalue weighted by Gasteiger charge is 2.28. The summed E-state index contributed by atoms with van der Waals surface area (Å²) in [6.07, 6.45) is 3.30. The van der Waals surface area contributed by atoms with E-state index in [4.69, 9.17) is 0 Å². The van der Waals surface area contributed by atoms with Crippen molar-refractivity contribution in [3.05, 3.63) is 10.5 Å². The predicted molar refractivity (Wildman–Crippen MR) is 65.0 cm³/mol. The smallest absolute Gasteiger partial charge is 0.317 e. The van der Waals surface area contributed by atoms with E-state index in [2.05, 4.69) is 22.4 Å². The molecule has 1 atom stereocenters. The van der Waals surface area contributed by atoms with Gasteiger partial charge in [0, 0.05) is 17.8 Å². The van der Waals surface area contributed by atoms with Gasteiger partial charge in [0.15, 0.2) is 5.16 Å². The van der Waals surface area contributed by atoms with Gasteiger partial charge in [-0.3, -0.25) is 4.57 Å². The molecule has 2 rings (SSSR count). The Hall–Kier alpha value is -0.750. The third-order valence-electron chi connectivity index (χ3n) is 2.86. The van der Waals surface area contributed by atoms with Crippen LogP contribution in [0.1, 0.15) is 32.2 Å². The van der Waals surface area contributed by atoms with E-state index in [0.29, 0.717) is 12.1 Å². The minimum Gasteiger partial charge on any atom is -0.317 e. The van der Waals surface area contributed by atoms with Crippen molar-refractivity contribution in [3.8, 4) is 0 Å². The lowest BCUT2D eigenvalue weighted by Gasteiger charge is -2.08. The van der Waals surface area contributed by atoms with Gasteiger partial charge in [0.05, 0.1) is 0 Å². The maximum atomic E-state index is 11.5. The molecule has 0 aliphatic heterocycles. The maximum Gasteiger partial charge on any atom is 0.344 e. The van der Waals surface area contributed by atoms with Crippen LogP contribution in [0.4, 0.5) is 0 Å². The molecule has 2 N–H and O–H groups in total.